The van der Waals surface area contributed by atoms with Gasteiger partial charge in [0, 0.05) is 12.0 Å². The number of rotatable bonds is 12. The molecule has 42 heavy (non-hydrogen) atoms. The maximum Gasteiger partial charge on any atom is 0.408 e. The fourth-order valence-corrected chi connectivity index (χ4v) is 4.23. The van der Waals surface area contributed by atoms with Gasteiger partial charge in [0.2, 0.25) is 0 Å². The zero-order valence-electron chi connectivity index (χ0n) is 23.4. The van der Waals surface area contributed by atoms with Crippen LogP contribution in [-0.2, 0) is 22.6 Å². The number of carbonyl (C=O) groups excluding carboxylic acids is 4. The first-order valence-corrected chi connectivity index (χ1v) is 13.4. The summed E-state index contributed by atoms with van der Waals surface area (Å²) in [6.07, 6.45) is 0.183. The first-order chi connectivity index (χ1) is 20.3. The highest BCUT2D eigenvalue weighted by atomic mass is 16.6. The predicted octanol–water partition coefficient (Wildman–Crippen LogP) is 6.29. The molecule has 1 amide bonds. The lowest BCUT2D eigenvalue weighted by atomic mass is 9.96. The summed E-state index contributed by atoms with van der Waals surface area (Å²) in [5.74, 6) is -0.492. The van der Waals surface area contributed by atoms with E-state index in [2.05, 4.69) is 5.32 Å². The largest absolute Gasteiger partial charge is 0.493 e. The molecular weight excluding hydrogens is 534 g/mol. The van der Waals surface area contributed by atoms with E-state index in [-0.39, 0.29) is 29.3 Å². The van der Waals surface area contributed by atoms with Crippen LogP contribution in [0.4, 0.5) is 4.79 Å². The van der Waals surface area contributed by atoms with E-state index in [1.54, 1.807) is 60.7 Å². The maximum absolute atomic E-state index is 13.7. The van der Waals surface area contributed by atoms with Crippen molar-refractivity contribution in [2.75, 3.05) is 7.11 Å². The fraction of sp³-hybridized carbons (Fsp3) is 0.176. The number of esters is 1. The lowest BCUT2D eigenvalue weighted by Gasteiger charge is -2.18. The smallest absolute Gasteiger partial charge is 0.408 e. The molecule has 1 N–H and O–H groups in total. The molecule has 8 nitrogen and oxygen atoms in total. The normalized spacial score (nSPS) is 11.2. The Hall–Kier alpha value is -5.24. The van der Waals surface area contributed by atoms with Crippen molar-refractivity contribution in [2.45, 2.75) is 32.4 Å². The first kappa shape index (κ1) is 29.7. The average molecular weight is 566 g/mol. The summed E-state index contributed by atoms with van der Waals surface area (Å²) in [5, 5.41) is 2.66. The van der Waals surface area contributed by atoms with Crippen LogP contribution in [0.2, 0.25) is 0 Å². The third kappa shape index (κ3) is 8.14. The molecule has 0 heterocycles. The van der Waals surface area contributed by atoms with Crippen molar-refractivity contribution >= 4 is 23.6 Å². The van der Waals surface area contributed by atoms with Crippen LogP contribution in [0.1, 0.15) is 56.8 Å². The van der Waals surface area contributed by atoms with Gasteiger partial charge in [-0.05, 0) is 54.3 Å². The molecule has 1 atom stereocenters. The van der Waals surface area contributed by atoms with Crippen LogP contribution in [0, 0.1) is 0 Å². The quantitative estimate of drug-likeness (QED) is 0.122. The lowest BCUT2D eigenvalue weighted by Crippen LogP contribution is -2.34. The number of nitrogens with one attached hydrogen (secondary N) is 1. The zero-order valence-corrected chi connectivity index (χ0v) is 23.4. The molecule has 0 fully saturated rings. The third-order valence-corrected chi connectivity index (χ3v) is 6.45. The molecule has 8 heteroatoms. The molecule has 0 aromatic heterocycles. The summed E-state index contributed by atoms with van der Waals surface area (Å²) in [6, 6.07) is 28.1. The van der Waals surface area contributed by atoms with E-state index >= 15 is 0 Å². The Morgan fingerprint density at radius 2 is 1.43 bits per heavy atom. The number of amides is 1. The number of ether oxygens (including phenoxy) is 3. The minimum atomic E-state index is -1.05. The molecule has 0 radical (unpaired) electrons. The van der Waals surface area contributed by atoms with E-state index in [1.807, 2.05) is 30.3 Å². The number of hydrogen-bond acceptors (Lipinski definition) is 7. The van der Waals surface area contributed by atoms with E-state index in [0.717, 1.165) is 11.1 Å². The van der Waals surface area contributed by atoms with Gasteiger partial charge in [0.05, 0.1) is 12.7 Å². The number of benzene rings is 4. The highest BCUT2D eigenvalue weighted by Crippen LogP contribution is 2.30. The maximum atomic E-state index is 13.7. The SMILES string of the molecule is COc1cc(CCC(C)=O)ccc1OC(=O)c1cccc(C(=O)C(NC(=O)OCc2ccccc2)c2ccccc2)c1. The van der Waals surface area contributed by atoms with Gasteiger partial charge in [-0.15, -0.1) is 0 Å². The summed E-state index contributed by atoms with van der Waals surface area (Å²) in [4.78, 5) is 50.7. The Morgan fingerprint density at radius 3 is 2.12 bits per heavy atom. The standard InChI is InChI=1S/C34H31NO7/c1-23(36)16-17-24-18-19-29(30(20-24)40-2)42-33(38)28-15-9-14-27(21-28)32(37)31(26-12-7-4-8-13-26)35-34(39)41-22-25-10-5-3-6-11-25/h3-15,18-21,31H,16-17,22H2,1-2H3,(H,35,39). The minimum absolute atomic E-state index is 0.0465. The molecule has 0 aliphatic heterocycles. The molecular formula is C34H31NO7. The molecule has 0 bridgehead atoms. The lowest BCUT2D eigenvalue weighted by molar-refractivity contribution is -0.116. The van der Waals surface area contributed by atoms with Gasteiger partial charge < -0.3 is 24.3 Å². The molecule has 4 aromatic rings. The summed E-state index contributed by atoms with van der Waals surface area (Å²) in [5.41, 5.74) is 2.58. The summed E-state index contributed by atoms with van der Waals surface area (Å²) in [6.45, 7) is 1.58. The molecule has 0 saturated carbocycles. The van der Waals surface area contributed by atoms with E-state index < -0.39 is 23.9 Å². The van der Waals surface area contributed by atoms with Gasteiger partial charge in [-0.2, -0.15) is 0 Å². The Balaban J connectivity index is 1.50. The van der Waals surface area contributed by atoms with Crippen LogP contribution in [0.15, 0.2) is 103 Å². The second-order valence-electron chi connectivity index (χ2n) is 9.57. The Kier molecular flexibility index (Phi) is 10.2. The highest BCUT2D eigenvalue weighted by molar-refractivity contribution is 6.04. The van der Waals surface area contributed by atoms with Crippen molar-refractivity contribution in [3.05, 3.63) is 131 Å². The number of aryl methyl sites for hydroxylation is 1. The Morgan fingerprint density at radius 1 is 0.738 bits per heavy atom. The molecule has 1 unspecified atom stereocenters. The van der Waals surface area contributed by atoms with Crippen molar-refractivity contribution < 1.29 is 33.4 Å². The van der Waals surface area contributed by atoms with Gasteiger partial charge in [0.25, 0.3) is 0 Å². The van der Waals surface area contributed by atoms with Gasteiger partial charge in [-0.3, -0.25) is 4.79 Å². The van der Waals surface area contributed by atoms with Crippen LogP contribution in [0.5, 0.6) is 11.5 Å². The predicted molar refractivity (Wildman–Crippen MR) is 157 cm³/mol. The first-order valence-electron chi connectivity index (χ1n) is 13.4. The average Bonchev–Trinajstić information content (AvgIpc) is 3.02. The van der Waals surface area contributed by atoms with Gasteiger partial charge in [-0.25, -0.2) is 9.59 Å². The molecule has 0 aliphatic carbocycles. The summed E-state index contributed by atoms with van der Waals surface area (Å²) in [7, 11) is 1.46. The second-order valence-corrected chi connectivity index (χ2v) is 9.57. The molecule has 0 aliphatic rings. The number of Topliss-reactive ketones (excluding diaryl/α,β-unsaturated/α-hetero) is 2. The monoisotopic (exact) mass is 565 g/mol. The van der Waals surface area contributed by atoms with Crippen LogP contribution < -0.4 is 14.8 Å². The van der Waals surface area contributed by atoms with Gasteiger partial charge in [-0.1, -0.05) is 78.9 Å². The van der Waals surface area contributed by atoms with E-state index in [1.165, 1.54) is 26.2 Å². The minimum Gasteiger partial charge on any atom is -0.493 e. The van der Waals surface area contributed by atoms with Gasteiger partial charge in [0.15, 0.2) is 17.3 Å². The summed E-state index contributed by atoms with van der Waals surface area (Å²) >= 11 is 0. The van der Waals surface area contributed by atoms with E-state index in [0.29, 0.717) is 24.2 Å². The Labute approximate surface area is 244 Å². The number of hydrogen-bond donors (Lipinski definition) is 1. The van der Waals surface area contributed by atoms with Crippen molar-refractivity contribution in [1.29, 1.82) is 0 Å². The van der Waals surface area contributed by atoms with Crippen molar-refractivity contribution in [1.82, 2.24) is 5.32 Å². The molecule has 214 valence electrons. The van der Waals surface area contributed by atoms with Gasteiger partial charge in [0.1, 0.15) is 18.4 Å². The van der Waals surface area contributed by atoms with Crippen LogP contribution in [0.3, 0.4) is 0 Å². The van der Waals surface area contributed by atoms with Crippen molar-refractivity contribution in [3.8, 4) is 11.5 Å². The molecule has 4 rings (SSSR count). The van der Waals surface area contributed by atoms with Crippen LogP contribution in [-0.4, -0.2) is 30.7 Å². The Bertz CT molecular complexity index is 1550. The number of carbonyl (C=O) groups is 4. The number of methoxy groups -OCH3 is 1. The van der Waals surface area contributed by atoms with Gasteiger partial charge >= 0.3 is 12.1 Å². The van der Waals surface area contributed by atoms with E-state index in [4.69, 9.17) is 14.2 Å². The van der Waals surface area contributed by atoms with E-state index in [9.17, 15) is 19.2 Å². The number of ketones is 2. The number of alkyl carbamates (subject to hydrolysis) is 1. The molecule has 0 spiro atoms. The van der Waals surface area contributed by atoms with Crippen molar-refractivity contribution in [3.63, 3.8) is 0 Å². The molecule has 4 aromatic carbocycles. The summed E-state index contributed by atoms with van der Waals surface area (Å²) < 4.78 is 16.3. The highest BCUT2D eigenvalue weighted by Gasteiger charge is 2.26. The zero-order chi connectivity index (χ0) is 29.9. The molecule has 0 saturated heterocycles. The van der Waals surface area contributed by atoms with Crippen LogP contribution >= 0.6 is 0 Å². The van der Waals surface area contributed by atoms with Crippen LogP contribution in [0.25, 0.3) is 0 Å². The fourth-order valence-electron chi connectivity index (χ4n) is 4.23. The van der Waals surface area contributed by atoms with Crippen molar-refractivity contribution in [2.24, 2.45) is 0 Å². The second kappa shape index (κ2) is 14.4. The topological polar surface area (TPSA) is 108 Å². The third-order valence-electron chi connectivity index (χ3n) is 6.45.